The maximum absolute atomic E-state index is 11.7. The second-order valence-electron chi connectivity index (χ2n) is 4.31. The zero-order valence-corrected chi connectivity index (χ0v) is 9.34. The smallest absolute Gasteiger partial charge is 0.123 e. The molecule has 0 saturated heterocycles. The molecule has 0 unspecified atom stereocenters. The molecule has 0 fully saturated rings. The molecule has 0 saturated carbocycles. The first-order valence-corrected chi connectivity index (χ1v) is 5.34. The van der Waals surface area contributed by atoms with E-state index in [1.807, 2.05) is 18.2 Å². The van der Waals surface area contributed by atoms with Crippen molar-refractivity contribution in [3.8, 4) is 0 Å². The minimum Gasteiger partial charge on any atom is -0.225 e. The van der Waals surface area contributed by atoms with E-state index in [2.05, 4.69) is 13.0 Å². The lowest BCUT2D eigenvalue weighted by molar-refractivity contribution is -0.000163. The Kier molecular flexibility index (Phi) is 3.70. The van der Waals surface area contributed by atoms with Crippen molar-refractivity contribution in [2.75, 3.05) is 0 Å². The summed E-state index contributed by atoms with van der Waals surface area (Å²) in [6.07, 6.45) is 3.48. The van der Waals surface area contributed by atoms with Crippen LogP contribution in [0.3, 0.4) is 0 Å². The van der Waals surface area contributed by atoms with Crippen LogP contribution in [-0.2, 0) is 17.1 Å². The molecule has 14 heavy (non-hydrogen) atoms. The Bertz CT molecular complexity index is 284. The van der Waals surface area contributed by atoms with Gasteiger partial charge in [0.05, 0.1) is 0 Å². The standard InChI is InChI=1S/C13H19O/c1-4-5-7-11-8-6-9-12(10-11)13(2,3)14/h6,8-10H,4-5,7H2,1-3H3. The third-order valence-electron chi connectivity index (χ3n) is 2.44. The molecule has 0 heterocycles. The highest BCUT2D eigenvalue weighted by atomic mass is 16.3. The molecule has 0 bridgehead atoms. The largest absolute Gasteiger partial charge is 0.225 e. The summed E-state index contributed by atoms with van der Waals surface area (Å²) >= 11 is 0. The van der Waals surface area contributed by atoms with Crippen LogP contribution in [0.1, 0.15) is 44.7 Å². The van der Waals surface area contributed by atoms with Crippen LogP contribution in [-0.4, -0.2) is 0 Å². The number of hydrogen-bond acceptors (Lipinski definition) is 0. The SMILES string of the molecule is CCCCc1cccc(C(C)(C)[O])c1. The van der Waals surface area contributed by atoms with Gasteiger partial charge >= 0.3 is 0 Å². The first-order chi connectivity index (χ1) is 6.54. The van der Waals surface area contributed by atoms with Crippen LogP contribution in [0.4, 0.5) is 0 Å². The third-order valence-corrected chi connectivity index (χ3v) is 2.44. The van der Waals surface area contributed by atoms with Gasteiger partial charge in [-0.1, -0.05) is 37.6 Å². The Morgan fingerprint density at radius 3 is 2.57 bits per heavy atom. The highest BCUT2D eigenvalue weighted by Gasteiger charge is 2.17. The third kappa shape index (κ3) is 3.15. The van der Waals surface area contributed by atoms with Gasteiger partial charge in [0.15, 0.2) is 0 Å². The Hall–Kier alpha value is -0.820. The maximum Gasteiger partial charge on any atom is 0.123 e. The summed E-state index contributed by atoms with van der Waals surface area (Å²) in [7, 11) is 0. The van der Waals surface area contributed by atoms with Crippen LogP contribution >= 0.6 is 0 Å². The van der Waals surface area contributed by atoms with Gasteiger partial charge in [0.25, 0.3) is 0 Å². The van der Waals surface area contributed by atoms with Crippen LogP contribution in [0.15, 0.2) is 24.3 Å². The molecule has 1 rings (SSSR count). The van der Waals surface area contributed by atoms with Gasteiger partial charge in [0.1, 0.15) is 5.60 Å². The minimum atomic E-state index is -0.970. The second kappa shape index (κ2) is 4.61. The van der Waals surface area contributed by atoms with E-state index in [1.54, 1.807) is 13.8 Å². The molecule has 0 aliphatic heterocycles. The predicted molar refractivity (Wildman–Crippen MR) is 58.8 cm³/mol. The lowest BCUT2D eigenvalue weighted by atomic mass is 9.95. The summed E-state index contributed by atoms with van der Waals surface area (Å²) < 4.78 is 0. The van der Waals surface area contributed by atoms with E-state index in [0.29, 0.717) is 0 Å². The number of rotatable bonds is 4. The number of benzene rings is 1. The van der Waals surface area contributed by atoms with Gasteiger partial charge < -0.3 is 0 Å². The number of unbranched alkanes of at least 4 members (excludes halogenated alkanes) is 1. The zero-order chi connectivity index (χ0) is 10.6. The van der Waals surface area contributed by atoms with Crippen molar-refractivity contribution in [2.24, 2.45) is 0 Å². The molecule has 0 N–H and O–H groups in total. The second-order valence-corrected chi connectivity index (χ2v) is 4.31. The van der Waals surface area contributed by atoms with Crippen LogP contribution < -0.4 is 0 Å². The van der Waals surface area contributed by atoms with Gasteiger partial charge in [0.2, 0.25) is 0 Å². The molecule has 1 aromatic carbocycles. The molecule has 1 aromatic rings. The predicted octanol–water partition coefficient (Wildman–Crippen LogP) is 3.69. The van der Waals surface area contributed by atoms with Crippen LogP contribution in [0.5, 0.6) is 0 Å². The molecule has 0 aliphatic rings. The van der Waals surface area contributed by atoms with Crippen molar-refractivity contribution in [2.45, 2.75) is 45.6 Å². The summed E-state index contributed by atoms with van der Waals surface area (Å²) in [6, 6.07) is 8.05. The van der Waals surface area contributed by atoms with Gasteiger partial charge in [-0.05, 0) is 37.8 Å². The van der Waals surface area contributed by atoms with Gasteiger partial charge in [-0.15, -0.1) is 0 Å². The van der Waals surface area contributed by atoms with Crippen molar-refractivity contribution in [1.82, 2.24) is 0 Å². The number of aryl methyl sites for hydroxylation is 1. The molecular weight excluding hydrogens is 172 g/mol. The minimum absolute atomic E-state index is 0.895. The quantitative estimate of drug-likeness (QED) is 0.691. The summed E-state index contributed by atoms with van der Waals surface area (Å²) in [5, 5.41) is 11.7. The topological polar surface area (TPSA) is 19.9 Å². The van der Waals surface area contributed by atoms with Crippen LogP contribution in [0.25, 0.3) is 0 Å². The van der Waals surface area contributed by atoms with E-state index in [-0.39, 0.29) is 0 Å². The Labute approximate surface area is 86.8 Å². The lowest BCUT2D eigenvalue weighted by Gasteiger charge is -2.15. The molecule has 0 aromatic heterocycles. The monoisotopic (exact) mass is 191 g/mol. The average Bonchev–Trinajstić information content (AvgIpc) is 2.14. The zero-order valence-electron chi connectivity index (χ0n) is 9.34. The van der Waals surface area contributed by atoms with Crippen molar-refractivity contribution in [3.05, 3.63) is 35.4 Å². The highest BCUT2D eigenvalue weighted by Crippen LogP contribution is 2.21. The molecule has 0 aliphatic carbocycles. The average molecular weight is 191 g/mol. The first kappa shape index (κ1) is 11.3. The van der Waals surface area contributed by atoms with Crippen LogP contribution in [0, 0.1) is 0 Å². The molecule has 0 atom stereocenters. The fraction of sp³-hybridized carbons (Fsp3) is 0.538. The van der Waals surface area contributed by atoms with E-state index in [4.69, 9.17) is 0 Å². The van der Waals surface area contributed by atoms with Gasteiger partial charge in [0, 0.05) is 0 Å². The van der Waals surface area contributed by atoms with Crippen molar-refractivity contribution in [1.29, 1.82) is 0 Å². The molecule has 1 nitrogen and oxygen atoms in total. The summed E-state index contributed by atoms with van der Waals surface area (Å²) in [5.74, 6) is 0. The summed E-state index contributed by atoms with van der Waals surface area (Å²) in [6.45, 7) is 5.61. The molecular formula is C13H19O. The van der Waals surface area contributed by atoms with E-state index >= 15 is 0 Å². The van der Waals surface area contributed by atoms with Crippen molar-refractivity contribution < 1.29 is 5.11 Å². The van der Waals surface area contributed by atoms with Crippen molar-refractivity contribution >= 4 is 0 Å². The van der Waals surface area contributed by atoms with E-state index < -0.39 is 5.60 Å². The maximum atomic E-state index is 11.7. The fourth-order valence-electron chi connectivity index (χ4n) is 1.48. The molecule has 1 heteroatoms. The molecule has 1 radical (unpaired) electrons. The summed E-state index contributed by atoms with van der Waals surface area (Å²) in [4.78, 5) is 0. The Morgan fingerprint density at radius 1 is 1.29 bits per heavy atom. The number of hydrogen-bond donors (Lipinski definition) is 0. The molecule has 77 valence electrons. The molecule has 0 amide bonds. The van der Waals surface area contributed by atoms with E-state index in [0.717, 1.165) is 12.0 Å². The lowest BCUT2D eigenvalue weighted by Crippen LogP contribution is -2.13. The van der Waals surface area contributed by atoms with Crippen molar-refractivity contribution in [3.63, 3.8) is 0 Å². The van der Waals surface area contributed by atoms with Crippen LogP contribution in [0.2, 0.25) is 0 Å². The van der Waals surface area contributed by atoms with E-state index in [1.165, 1.54) is 18.4 Å². The first-order valence-electron chi connectivity index (χ1n) is 5.34. The molecule has 0 spiro atoms. The highest BCUT2D eigenvalue weighted by molar-refractivity contribution is 5.27. The normalized spacial score (nSPS) is 11.7. The van der Waals surface area contributed by atoms with Gasteiger partial charge in [-0.2, -0.15) is 0 Å². The van der Waals surface area contributed by atoms with Gasteiger partial charge in [-0.25, -0.2) is 5.11 Å². The summed E-state index contributed by atoms with van der Waals surface area (Å²) in [5.41, 5.74) is 1.21. The van der Waals surface area contributed by atoms with Gasteiger partial charge in [-0.3, -0.25) is 0 Å². The fourth-order valence-corrected chi connectivity index (χ4v) is 1.48. The Morgan fingerprint density at radius 2 is 2.00 bits per heavy atom. The Balaban J connectivity index is 2.79. The van der Waals surface area contributed by atoms with E-state index in [9.17, 15) is 5.11 Å².